The summed E-state index contributed by atoms with van der Waals surface area (Å²) in [6, 6.07) is 23.3. The van der Waals surface area contributed by atoms with Gasteiger partial charge in [0, 0.05) is 0 Å². The first kappa shape index (κ1) is 25.3. The highest BCUT2D eigenvalue weighted by Gasteiger charge is 2.35. The maximum Gasteiger partial charge on any atom is 0.270 e. The molecule has 0 aliphatic carbocycles. The smallest absolute Gasteiger partial charge is 0.270 e. The van der Waals surface area contributed by atoms with E-state index in [9.17, 15) is 14.0 Å². The van der Waals surface area contributed by atoms with E-state index in [1.165, 1.54) is 24.3 Å². The molecule has 184 valence electrons. The number of carbonyl (C=O) groups is 2. The van der Waals surface area contributed by atoms with E-state index in [0.29, 0.717) is 26.9 Å². The SMILES string of the molecule is O=C1NC(=S)N(c2ccccc2F)C(=O)/C1=C/c1cc(Br)c(OCc2cccc3ccccc23)c(Br)c1. The summed E-state index contributed by atoms with van der Waals surface area (Å²) in [6.45, 7) is 0.342. The third-order valence-corrected chi connectivity index (χ3v) is 7.24. The molecule has 1 aliphatic rings. The van der Waals surface area contributed by atoms with Gasteiger partial charge in [0.05, 0.1) is 14.6 Å². The highest BCUT2D eigenvalue weighted by atomic mass is 79.9. The van der Waals surface area contributed by atoms with Crippen LogP contribution in [0.5, 0.6) is 5.75 Å². The van der Waals surface area contributed by atoms with E-state index in [1.54, 1.807) is 18.2 Å². The minimum atomic E-state index is -0.720. The van der Waals surface area contributed by atoms with Gasteiger partial charge < -0.3 is 4.74 Å². The van der Waals surface area contributed by atoms with E-state index in [2.05, 4.69) is 55.4 Å². The molecule has 1 aliphatic heterocycles. The van der Waals surface area contributed by atoms with Crippen molar-refractivity contribution in [3.05, 3.63) is 110 Å². The predicted octanol–water partition coefficient (Wildman–Crippen LogP) is 6.91. The van der Waals surface area contributed by atoms with Gasteiger partial charge in [0.2, 0.25) is 0 Å². The fraction of sp³-hybridized carbons (Fsp3) is 0.0357. The molecule has 0 unspecified atom stereocenters. The zero-order chi connectivity index (χ0) is 26.1. The van der Waals surface area contributed by atoms with Gasteiger partial charge in [0.1, 0.15) is 23.7 Å². The predicted molar refractivity (Wildman–Crippen MR) is 153 cm³/mol. The Morgan fingerprint density at radius 3 is 2.38 bits per heavy atom. The van der Waals surface area contributed by atoms with Gasteiger partial charge in [-0.05, 0) is 96.3 Å². The molecule has 9 heteroatoms. The minimum absolute atomic E-state index is 0.0389. The summed E-state index contributed by atoms with van der Waals surface area (Å²) in [6.07, 6.45) is 1.43. The molecule has 1 saturated heterocycles. The van der Waals surface area contributed by atoms with Crippen molar-refractivity contribution in [1.82, 2.24) is 5.32 Å². The van der Waals surface area contributed by atoms with Crippen molar-refractivity contribution in [3.8, 4) is 5.75 Å². The Morgan fingerprint density at radius 2 is 1.62 bits per heavy atom. The highest BCUT2D eigenvalue weighted by molar-refractivity contribution is 9.11. The van der Waals surface area contributed by atoms with Crippen molar-refractivity contribution in [2.24, 2.45) is 0 Å². The molecular formula is C28H17Br2FN2O3S. The molecule has 37 heavy (non-hydrogen) atoms. The molecule has 1 N–H and O–H groups in total. The molecule has 1 fully saturated rings. The first-order valence-electron chi connectivity index (χ1n) is 11.1. The van der Waals surface area contributed by atoms with Crippen molar-refractivity contribution in [2.45, 2.75) is 6.61 Å². The number of hydrogen-bond donors (Lipinski definition) is 1. The molecule has 2 amide bonds. The van der Waals surface area contributed by atoms with Crippen LogP contribution in [0.3, 0.4) is 0 Å². The first-order chi connectivity index (χ1) is 17.8. The van der Waals surface area contributed by atoms with Crippen LogP contribution in [0.1, 0.15) is 11.1 Å². The first-order valence-corrected chi connectivity index (χ1v) is 13.1. The fourth-order valence-corrected chi connectivity index (χ4v) is 5.77. The summed E-state index contributed by atoms with van der Waals surface area (Å²) in [5.74, 6) is -1.44. The number of thiocarbonyl (C=S) groups is 1. The Hall–Kier alpha value is -3.40. The molecule has 0 bridgehead atoms. The van der Waals surface area contributed by atoms with E-state index in [4.69, 9.17) is 17.0 Å². The molecule has 0 saturated carbocycles. The molecule has 4 aromatic carbocycles. The molecular weight excluding hydrogens is 623 g/mol. The van der Waals surface area contributed by atoms with Crippen LogP contribution >= 0.6 is 44.1 Å². The van der Waals surface area contributed by atoms with E-state index < -0.39 is 17.6 Å². The Balaban J connectivity index is 1.43. The number of hydrogen-bond acceptors (Lipinski definition) is 4. The summed E-state index contributed by atoms with van der Waals surface area (Å²) in [5.41, 5.74) is 1.37. The van der Waals surface area contributed by atoms with Gasteiger partial charge in [-0.1, -0.05) is 54.6 Å². The normalized spacial score (nSPS) is 14.8. The monoisotopic (exact) mass is 638 g/mol. The average molecular weight is 640 g/mol. The number of amides is 2. The lowest BCUT2D eigenvalue weighted by Crippen LogP contribution is -2.54. The number of nitrogens with zero attached hydrogens (tertiary/aromatic N) is 1. The second kappa shape index (κ2) is 10.5. The number of benzene rings is 4. The van der Waals surface area contributed by atoms with E-state index in [1.807, 2.05) is 24.3 Å². The number of anilines is 1. The average Bonchev–Trinajstić information content (AvgIpc) is 2.87. The van der Waals surface area contributed by atoms with E-state index in [0.717, 1.165) is 21.2 Å². The zero-order valence-electron chi connectivity index (χ0n) is 19.0. The van der Waals surface area contributed by atoms with Crippen LogP contribution in [0.4, 0.5) is 10.1 Å². The molecule has 0 spiro atoms. The lowest BCUT2D eigenvalue weighted by molar-refractivity contribution is -0.122. The van der Waals surface area contributed by atoms with Crippen LogP contribution in [-0.2, 0) is 16.2 Å². The second-order valence-electron chi connectivity index (χ2n) is 8.15. The van der Waals surface area contributed by atoms with Gasteiger partial charge in [-0.3, -0.25) is 14.9 Å². The van der Waals surface area contributed by atoms with Crippen LogP contribution in [0.15, 0.2) is 93.4 Å². The van der Waals surface area contributed by atoms with Gasteiger partial charge >= 0.3 is 0 Å². The molecule has 5 rings (SSSR count). The molecule has 1 heterocycles. The second-order valence-corrected chi connectivity index (χ2v) is 10.2. The molecule has 0 aromatic heterocycles. The van der Waals surface area contributed by atoms with Crippen LogP contribution in [0, 0.1) is 5.82 Å². The van der Waals surface area contributed by atoms with Crippen molar-refractivity contribution < 1.29 is 18.7 Å². The third kappa shape index (κ3) is 5.07. The highest BCUT2D eigenvalue weighted by Crippen LogP contribution is 2.37. The molecule has 4 aromatic rings. The molecule has 0 radical (unpaired) electrons. The van der Waals surface area contributed by atoms with Crippen molar-refractivity contribution >= 4 is 83.5 Å². The Bertz CT molecular complexity index is 1590. The number of carbonyl (C=O) groups excluding carboxylic acids is 2. The maximum absolute atomic E-state index is 14.4. The van der Waals surface area contributed by atoms with Crippen molar-refractivity contribution in [2.75, 3.05) is 4.90 Å². The van der Waals surface area contributed by atoms with E-state index in [-0.39, 0.29) is 16.4 Å². The lowest BCUT2D eigenvalue weighted by atomic mass is 10.1. The summed E-state index contributed by atoms with van der Waals surface area (Å²) < 4.78 is 21.8. The van der Waals surface area contributed by atoms with Crippen LogP contribution in [0.2, 0.25) is 0 Å². The quantitative estimate of drug-likeness (QED) is 0.146. The van der Waals surface area contributed by atoms with Crippen molar-refractivity contribution in [1.29, 1.82) is 0 Å². The largest absolute Gasteiger partial charge is 0.487 e. The minimum Gasteiger partial charge on any atom is -0.487 e. The Labute approximate surface area is 234 Å². The fourth-order valence-electron chi connectivity index (χ4n) is 4.04. The van der Waals surface area contributed by atoms with Crippen LogP contribution in [0.25, 0.3) is 16.8 Å². The number of rotatable bonds is 5. The summed E-state index contributed by atoms with van der Waals surface area (Å²) in [5, 5.41) is 4.52. The summed E-state index contributed by atoms with van der Waals surface area (Å²) in [7, 11) is 0. The number of ether oxygens (including phenoxy) is 1. The van der Waals surface area contributed by atoms with Gasteiger partial charge in [0.15, 0.2) is 5.11 Å². The Kier molecular flexibility index (Phi) is 7.19. The standard InChI is InChI=1S/C28H17Br2FN2O3S/c29-21-13-16(12-20-26(34)32-28(37)33(27(20)35)24-11-4-3-10-23(24)31)14-22(30)25(21)36-15-18-8-5-7-17-6-1-2-9-19(17)18/h1-14H,15H2,(H,32,34,37)/b20-12+. The topological polar surface area (TPSA) is 58.6 Å². The van der Waals surface area contributed by atoms with Gasteiger partial charge in [0.25, 0.3) is 11.8 Å². The third-order valence-electron chi connectivity index (χ3n) is 5.78. The van der Waals surface area contributed by atoms with Gasteiger partial charge in [-0.15, -0.1) is 0 Å². The zero-order valence-corrected chi connectivity index (χ0v) is 23.0. The maximum atomic E-state index is 14.4. The lowest BCUT2D eigenvalue weighted by Gasteiger charge is -2.29. The molecule has 0 atom stereocenters. The Morgan fingerprint density at radius 1 is 0.946 bits per heavy atom. The number of para-hydroxylation sites is 1. The van der Waals surface area contributed by atoms with Gasteiger partial charge in [-0.2, -0.15) is 0 Å². The van der Waals surface area contributed by atoms with Crippen LogP contribution in [-0.4, -0.2) is 16.9 Å². The number of nitrogens with one attached hydrogen (secondary N) is 1. The number of fused-ring (bicyclic) bond motifs is 1. The number of halogens is 3. The molecule has 5 nitrogen and oxygen atoms in total. The summed E-state index contributed by atoms with van der Waals surface area (Å²) in [4.78, 5) is 26.8. The van der Waals surface area contributed by atoms with Crippen LogP contribution < -0.4 is 15.0 Å². The van der Waals surface area contributed by atoms with Gasteiger partial charge in [-0.25, -0.2) is 9.29 Å². The summed E-state index contributed by atoms with van der Waals surface area (Å²) >= 11 is 12.2. The van der Waals surface area contributed by atoms with Crippen molar-refractivity contribution in [3.63, 3.8) is 0 Å². The van der Waals surface area contributed by atoms with E-state index >= 15 is 0 Å².